The van der Waals surface area contributed by atoms with E-state index in [-0.39, 0.29) is 15.5 Å². The Morgan fingerprint density at radius 2 is 1.97 bits per heavy atom. The summed E-state index contributed by atoms with van der Waals surface area (Å²) in [6.07, 6.45) is 1.21. The molecule has 0 spiro atoms. The number of carbonyl (C=O) groups is 3. The van der Waals surface area contributed by atoms with Crippen molar-refractivity contribution >= 4 is 52.2 Å². The Kier molecular flexibility index (Phi) is 5.65. The summed E-state index contributed by atoms with van der Waals surface area (Å²) in [5.74, 6) is -0.816. The van der Waals surface area contributed by atoms with Crippen molar-refractivity contribution in [3.8, 4) is 11.5 Å². The van der Waals surface area contributed by atoms with E-state index in [9.17, 15) is 18.8 Å². The van der Waals surface area contributed by atoms with Crippen molar-refractivity contribution in [2.45, 2.75) is 0 Å². The molecular weight excluding hydrogens is 435 g/mol. The number of hydrogen-bond acceptors (Lipinski definition) is 6. The van der Waals surface area contributed by atoms with Crippen LogP contribution in [0.5, 0.6) is 11.5 Å². The molecule has 1 fully saturated rings. The SMILES string of the molecule is O=C(CN1C(=O)S/C(=C\c2c(F)cccc2Cl)C1=O)Nc1ccc2c(c1)OCCO2. The molecule has 4 rings (SSSR count). The van der Waals surface area contributed by atoms with Crippen LogP contribution in [0.25, 0.3) is 6.08 Å². The third kappa shape index (κ3) is 4.12. The topological polar surface area (TPSA) is 84.9 Å². The Hall–Kier alpha value is -3.04. The average molecular weight is 449 g/mol. The number of hydrogen-bond donors (Lipinski definition) is 1. The highest BCUT2D eigenvalue weighted by molar-refractivity contribution is 8.18. The van der Waals surface area contributed by atoms with Crippen LogP contribution in [0.2, 0.25) is 5.02 Å². The quantitative estimate of drug-likeness (QED) is 0.713. The van der Waals surface area contributed by atoms with Gasteiger partial charge in [-0.2, -0.15) is 0 Å². The fourth-order valence-electron chi connectivity index (χ4n) is 2.88. The number of anilines is 1. The Balaban J connectivity index is 1.46. The van der Waals surface area contributed by atoms with E-state index in [1.807, 2.05) is 0 Å². The second kappa shape index (κ2) is 8.37. The van der Waals surface area contributed by atoms with Gasteiger partial charge in [0.05, 0.1) is 9.93 Å². The predicted molar refractivity (Wildman–Crippen MR) is 110 cm³/mol. The molecule has 3 amide bonds. The van der Waals surface area contributed by atoms with Gasteiger partial charge < -0.3 is 14.8 Å². The number of amides is 3. The van der Waals surface area contributed by atoms with Gasteiger partial charge in [0, 0.05) is 17.3 Å². The first-order valence-corrected chi connectivity index (χ1v) is 10.0. The molecule has 0 aliphatic carbocycles. The highest BCUT2D eigenvalue weighted by atomic mass is 35.5. The largest absolute Gasteiger partial charge is 0.486 e. The summed E-state index contributed by atoms with van der Waals surface area (Å²) in [6.45, 7) is 0.366. The number of thioether (sulfide) groups is 1. The summed E-state index contributed by atoms with van der Waals surface area (Å²) in [4.78, 5) is 37.9. The first kappa shape index (κ1) is 20.2. The highest BCUT2D eigenvalue weighted by Gasteiger charge is 2.36. The first-order valence-electron chi connectivity index (χ1n) is 8.81. The van der Waals surface area contributed by atoms with Gasteiger partial charge >= 0.3 is 0 Å². The van der Waals surface area contributed by atoms with Crippen LogP contribution in [-0.4, -0.2) is 41.7 Å². The predicted octanol–water partition coefficient (Wildman–Crippen LogP) is 3.93. The molecular formula is C20H14ClFN2O5S. The average Bonchev–Trinajstić information content (AvgIpc) is 2.98. The summed E-state index contributed by atoms with van der Waals surface area (Å²) in [5.41, 5.74) is 0.440. The molecule has 2 heterocycles. The lowest BCUT2D eigenvalue weighted by atomic mass is 10.2. The van der Waals surface area contributed by atoms with Crippen LogP contribution in [0.3, 0.4) is 0 Å². The van der Waals surface area contributed by atoms with Crippen LogP contribution in [0.15, 0.2) is 41.3 Å². The molecule has 0 atom stereocenters. The Labute approximate surface area is 179 Å². The number of halogens is 2. The van der Waals surface area contributed by atoms with Gasteiger partial charge in [0.1, 0.15) is 25.6 Å². The van der Waals surface area contributed by atoms with Crippen molar-refractivity contribution in [3.05, 3.63) is 57.7 Å². The van der Waals surface area contributed by atoms with Gasteiger partial charge in [-0.05, 0) is 42.1 Å². The van der Waals surface area contributed by atoms with Gasteiger partial charge in [0.25, 0.3) is 11.1 Å². The standard InChI is InChI=1S/C20H14ClFN2O5S/c21-13-2-1-3-14(22)12(13)9-17-19(26)24(20(27)30-17)10-18(25)23-11-4-5-15-16(8-11)29-7-6-28-15/h1-5,8-9H,6-7,10H2,(H,23,25)/b17-9-. The Morgan fingerprint density at radius 3 is 2.73 bits per heavy atom. The third-order valence-electron chi connectivity index (χ3n) is 4.28. The summed E-state index contributed by atoms with van der Waals surface area (Å²) in [7, 11) is 0. The van der Waals surface area contributed by atoms with Gasteiger partial charge in [-0.25, -0.2) is 4.39 Å². The maximum atomic E-state index is 14.0. The molecule has 2 aliphatic heterocycles. The molecule has 1 saturated heterocycles. The number of imide groups is 1. The van der Waals surface area contributed by atoms with Gasteiger partial charge in [-0.1, -0.05) is 17.7 Å². The zero-order valence-corrected chi connectivity index (χ0v) is 16.9. The minimum atomic E-state index is -0.693. The molecule has 7 nitrogen and oxygen atoms in total. The van der Waals surface area contributed by atoms with E-state index in [0.29, 0.717) is 42.2 Å². The lowest BCUT2D eigenvalue weighted by Gasteiger charge is -2.19. The van der Waals surface area contributed by atoms with Crippen LogP contribution in [-0.2, 0) is 9.59 Å². The second-order valence-corrected chi connectivity index (χ2v) is 7.71. The number of benzene rings is 2. The smallest absolute Gasteiger partial charge is 0.294 e. The number of fused-ring (bicyclic) bond motifs is 1. The maximum Gasteiger partial charge on any atom is 0.294 e. The van der Waals surface area contributed by atoms with Crippen LogP contribution < -0.4 is 14.8 Å². The number of nitrogens with zero attached hydrogens (tertiary/aromatic N) is 1. The Morgan fingerprint density at radius 1 is 1.20 bits per heavy atom. The molecule has 2 aromatic carbocycles. The monoisotopic (exact) mass is 448 g/mol. The summed E-state index contributed by atoms with van der Waals surface area (Å²) in [5, 5.41) is 2.09. The van der Waals surface area contributed by atoms with Gasteiger partial charge in [0.15, 0.2) is 11.5 Å². The number of nitrogens with one attached hydrogen (secondary N) is 1. The fourth-order valence-corrected chi connectivity index (χ4v) is 3.92. The van der Waals surface area contributed by atoms with Crippen LogP contribution in [0.4, 0.5) is 14.9 Å². The lowest BCUT2D eigenvalue weighted by Crippen LogP contribution is -2.36. The van der Waals surface area contributed by atoms with Crippen molar-refractivity contribution in [1.29, 1.82) is 0 Å². The van der Waals surface area contributed by atoms with E-state index >= 15 is 0 Å². The summed E-state index contributed by atoms with van der Waals surface area (Å²) >= 11 is 6.58. The first-order chi connectivity index (χ1) is 14.4. The zero-order chi connectivity index (χ0) is 21.3. The van der Waals surface area contributed by atoms with E-state index in [1.54, 1.807) is 18.2 Å². The minimum Gasteiger partial charge on any atom is -0.486 e. The van der Waals surface area contributed by atoms with Crippen molar-refractivity contribution in [1.82, 2.24) is 4.90 Å². The molecule has 2 aromatic rings. The zero-order valence-electron chi connectivity index (χ0n) is 15.3. The van der Waals surface area contributed by atoms with E-state index in [1.165, 1.54) is 24.3 Å². The maximum absolute atomic E-state index is 14.0. The van der Waals surface area contributed by atoms with Gasteiger partial charge in [-0.3, -0.25) is 19.3 Å². The minimum absolute atomic E-state index is 0.00500. The van der Waals surface area contributed by atoms with Crippen molar-refractivity contribution in [2.24, 2.45) is 0 Å². The molecule has 2 aliphatic rings. The summed E-state index contributed by atoms with van der Waals surface area (Å²) < 4.78 is 24.8. The molecule has 0 bridgehead atoms. The fraction of sp³-hybridized carbons (Fsp3) is 0.150. The van der Waals surface area contributed by atoms with Gasteiger partial charge in [-0.15, -0.1) is 0 Å². The van der Waals surface area contributed by atoms with Crippen LogP contribution in [0, 0.1) is 5.82 Å². The molecule has 10 heteroatoms. The van der Waals surface area contributed by atoms with Crippen LogP contribution in [0.1, 0.15) is 5.56 Å². The highest BCUT2D eigenvalue weighted by Crippen LogP contribution is 2.35. The Bertz CT molecular complexity index is 1070. The van der Waals surface area contributed by atoms with Crippen molar-refractivity contribution in [3.63, 3.8) is 0 Å². The van der Waals surface area contributed by atoms with E-state index in [0.717, 1.165) is 4.90 Å². The van der Waals surface area contributed by atoms with E-state index in [2.05, 4.69) is 5.32 Å². The molecule has 0 aromatic heterocycles. The van der Waals surface area contributed by atoms with E-state index in [4.69, 9.17) is 21.1 Å². The molecule has 1 N–H and O–H groups in total. The molecule has 0 radical (unpaired) electrons. The number of ether oxygens (including phenoxy) is 2. The van der Waals surface area contributed by atoms with Crippen molar-refractivity contribution in [2.75, 3.05) is 25.1 Å². The second-order valence-electron chi connectivity index (χ2n) is 6.31. The number of carbonyl (C=O) groups excluding carboxylic acids is 3. The number of rotatable bonds is 4. The normalized spacial score (nSPS) is 16.9. The van der Waals surface area contributed by atoms with Crippen molar-refractivity contribution < 1.29 is 28.2 Å². The molecule has 154 valence electrons. The molecule has 0 unspecified atom stereocenters. The summed E-state index contributed by atoms with van der Waals surface area (Å²) in [6, 6.07) is 8.98. The lowest BCUT2D eigenvalue weighted by molar-refractivity contribution is -0.127. The van der Waals surface area contributed by atoms with Gasteiger partial charge in [0.2, 0.25) is 5.91 Å². The molecule has 0 saturated carbocycles. The van der Waals surface area contributed by atoms with E-state index < -0.39 is 29.4 Å². The molecule has 30 heavy (non-hydrogen) atoms. The van der Waals surface area contributed by atoms with Crippen LogP contribution >= 0.6 is 23.4 Å². The third-order valence-corrected chi connectivity index (χ3v) is 5.51.